The highest BCUT2D eigenvalue weighted by Crippen LogP contribution is 2.34. The lowest BCUT2D eigenvalue weighted by molar-refractivity contribution is 0.255. The van der Waals surface area contributed by atoms with Crippen LogP contribution in [-0.4, -0.2) is 13.2 Å². The van der Waals surface area contributed by atoms with Crippen molar-refractivity contribution in [1.29, 1.82) is 0 Å². The molecule has 0 bridgehead atoms. The van der Waals surface area contributed by atoms with Crippen LogP contribution in [0.5, 0.6) is 5.75 Å². The van der Waals surface area contributed by atoms with Gasteiger partial charge in [-0.05, 0) is 19.0 Å². The molecule has 1 aromatic rings. The highest BCUT2D eigenvalue weighted by molar-refractivity contribution is 5.39. The molecule has 0 aromatic heterocycles. The molecule has 1 aromatic carbocycles. The number of ether oxygens (including phenoxy) is 1. The Kier molecular flexibility index (Phi) is 2.19. The van der Waals surface area contributed by atoms with Gasteiger partial charge in [0.05, 0.1) is 6.61 Å². The molecule has 1 heterocycles. The van der Waals surface area contributed by atoms with Crippen LogP contribution in [0.4, 0.5) is 4.39 Å². The molecular weight excluding hydrogens is 169 g/mol. The average Bonchev–Trinajstić information content (AvgIpc) is 2.18. The van der Waals surface area contributed by atoms with Crippen molar-refractivity contribution in [1.82, 2.24) is 0 Å². The lowest BCUT2D eigenvalue weighted by Crippen LogP contribution is -2.21. The Morgan fingerprint density at radius 3 is 3.15 bits per heavy atom. The van der Waals surface area contributed by atoms with E-state index in [0.29, 0.717) is 18.9 Å². The summed E-state index contributed by atoms with van der Waals surface area (Å²) in [5, 5.41) is 0. The Morgan fingerprint density at radius 1 is 1.54 bits per heavy atom. The summed E-state index contributed by atoms with van der Waals surface area (Å²) in [5.74, 6) is 0.360. The summed E-state index contributed by atoms with van der Waals surface area (Å²) in [4.78, 5) is 0. The molecule has 3 heteroatoms. The Labute approximate surface area is 76.5 Å². The molecule has 1 aliphatic heterocycles. The Morgan fingerprint density at radius 2 is 2.38 bits per heavy atom. The molecule has 0 spiro atoms. The molecule has 0 unspecified atom stereocenters. The molecule has 70 valence electrons. The van der Waals surface area contributed by atoms with Gasteiger partial charge in [-0.3, -0.25) is 0 Å². The fourth-order valence-corrected chi connectivity index (χ4v) is 1.70. The Bertz CT molecular complexity index is 314. The van der Waals surface area contributed by atoms with Crippen LogP contribution in [-0.2, 0) is 0 Å². The van der Waals surface area contributed by atoms with Gasteiger partial charge in [0.1, 0.15) is 0 Å². The number of halogens is 1. The molecule has 13 heavy (non-hydrogen) atoms. The van der Waals surface area contributed by atoms with Crippen molar-refractivity contribution >= 4 is 0 Å². The van der Waals surface area contributed by atoms with Crippen molar-refractivity contribution in [3.63, 3.8) is 0 Å². The van der Waals surface area contributed by atoms with E-state index in [1.54, 1.807) is 6.07 Å². The lowest BCUT2D eigenvalue weighted by atomic mass is 9.93. The molecule has 1 aliphatic rings. The van der Waals surface area contributed by atoms with Gasteiger partial charge in [-0.15, -0.1) is 0 Å². The summed E-state index contributed by atoms with van der Waals surface area (Å²) in [7, 11) is 0. The predicted octanol–water partition coefficient (Wildman–Crippen LogP) is 1.65. The zero-order valence-electron chi connectivity index (χ0n) is 7.29. The van der Waals surface area contributed by atoms with Crippen LogP contribution in [0.3, 0.4) is 0 Å². The summed E-state index contributed by atoms with van der Waals surface area (Å²) in [6.45, 7) is 1.12. The topological polar surface area (TPSA) is 35.2 Å². The summed E-state index contributed by atoms with van der Waals surface area (Å²) in [6.07, 6.45) is 0.882. The summed E-state index contributed by atoms with van der Waals surface area (Å²) in [6, 6.07) is 5.00. The maximum absolute atomic E-state index is 13.2. The number of para-hydroxylation sites is 1. The fourth-order valence-electron chi connectivity index (χ4n) is 1.70. The number of hydrogen-bond donors (Lipinski definition) is 1. The summed E-state index contributed by atoms with van der Waals surface area (Å²) in [5.41, 5.74) is 6.50. The Balaban J connectivity index is 2.45. The van der Waals surface area contributed by atoms with E-state index in [0.717, 1.165) is 12.0 Å². The summed E-state index contributed by atoms with van der Waals surface area (Å²) < 4.78 is 18.5. The fraction of sp³-hybridized carbons (Fsp3) is 0.400. The number of benzene rings is 1. The first-order chi connectivity index (χ1) is 6.33. The molecule has 0 radical (unpaired) electrons. The third-order valence-electron chi connectivity index (χ3n) is 2.43. The maximum Gasteiger partial charge on any atom is 0.165 e. The Hall–Kier alpha value is -1.09. The molecule has 2 nitrogen and oxygen atoms in total. The van der Waals surface area contributed by atoms with Crippen molar-refractivity contribution in [2.45, 2.75) is 12.3 Å². The van der Waals surface area contributed by atoms with Crippen molar-refractivity contribution in [3.05, 3.63) is 29.6 Å². The molecule has 1 atom stereocenters. The monoisotopic (exact) mass is 181 g/mol. The minimum absolute atomic E-state index is 0.249. The largest absolute Gasteiger partial charge is 0.490 e. The first kappa shape index (κ1) is 8.51. The second-order valence-electron chi connectivity index (χ2n) is 3.23. The van der Waals surface area contributed by atoms with Crippen LogP contribution in [0, 0.1) is 5.82 Å². The van der Waals surface area contributed by atoms with Gasteiger partial charge >= 0.3 is 0 Å². The smallest absolute Gasteiger partial charge is 0.165 e. The molecule has 2 rings (SSSR count). The van der Waals surface area contributed by atoms with Crippen molar-refractivity contribution in [3.8, 4) is 5.75 Å². The zero-order chi connectivity index (χ0) is 9.26. The van der Waals surface area contributed by atoms with Crippen molar-refractivity contribution < 1.29 is 9.13 Å². The minimum atomic E-state index is -0.282. The second kappa shape index (κ2) is 3.34. The van der Waals surface area contributed by atoms with Gasteiger partial charge in [0.15, 0.2) is 11.6 Å². The van der Waals surface area contributed by atoms with E-state index >= 15 is 0 Å². The summed E-state index contributed by atoms with van der Waals surface area (Å²) >= 11 is 0. The van der Waals surface area contributed by atoms with Crippen LogP contribution in [0.15, 0.2) is 18.2 Å². The number of nitrogens with two attached hydrogens (primary N) is 1. The number of rotatable bonds is 1. The van der Waals surface area contributed by atoms with Crippen LogP contribution in [0.25, 0.3) is 0 Å². The molecule has 0 saturated heterocycles. The van der Waals surface area contributed by atoms with Crippen LogP contribution in [0.1, 0.15) is 17.9 Å². The normalized spacial score (nSPS) is 20.6. The lowest BCUT2D eigenvalue weighted by Gasteiger charge is -2.24. The van der Waals surface area contributed by atoms with E-state index in [4.69, 9.17) is 10.5 Å². The van der Waals surface area contributed by atoms with Gasteiger partial charge in [-0.25, -0.2) is 4.39 Å². The van der Waals surface area contributed by atoms with Crippen molar-refractivity contribution in [2.24, 2.45) is 5.73 Å². The van der Waals surface area contributed by atoms with Gasteiger partial charge in [-0.2, -0.15) is 0 Å². The van der Waals surface area contributed by atoms with Crippen LogP contribution in [0.2, 0.25) is 0 Å². The first-order valence-corrected chi connectivity index (χ1v) is 4.44. The van der Waals surface area contributed by atoms with Gasteiger partial charge in [0.2, 0.25) is 0 Å². The first-order valence-electron chi connectivity index (χ1n) is 4.44. The van der Waals surface area contributed by atoms with Crippen LogP contribution < -0.4 is 10.5 Å². The molecule has 0 aliphatic carbocycles. The van der Waals surface area contributed by atoms with Crippen LogP contribution >= 0.6 is 0 Å². The molecule has 0 amide bonds. The van der Waals surface area contributed by atoms with E-state index in [2.05, 4.69) is 0 Å². The average molecular weight is 181 g/mol. The number of hydrogen-bond acceptors (Lipinski definition) is 2. The van der Waals surface area contributed by atoms with E-state index < -0.39 is 0 Å². The van der Waals surface area contributed by atoms with Gasteiger partial charge in [0.25, 0.3) is 0 Å². The molecule has 0 fully saturated rings. The van der Waals surface area contributed by atoms with Gasteiger partial charge in [0, 0.05) is 11.5 Å². The minimum Gasteiger partial charge on any atom is -0.490 e. The maximum atomic E-state index is 13.2. The van der Waals surface area contributed by atoms with Crippen molar-refractivity contribution in [2.75, 3.05) is 13.2 Å². The highest BCUT2D eigenvalue weighted by atomic mass is 19.1. The van der Waals surface area contributed by atoms with E-state index in [1.165, 1.54) is 6.07 Å². The number of fused-ring (bicyclic) bond motifs is 1. The zero-order valence-corrected chi connectivity index (χ0v) is 7.29. The third-order valence-corrected chi connectivity index (χ3v) is 2.43. The standard InChI is InChI=1S/C10H12FNO/c11-9-3-1-2-8-7(6-12)4-5-13-10(8)9/h1-3,7H,4-6,12H2/t7-/m0/s1. The van der Waals surface area contributed by atoms with Gasteiger partial charge in [-0.1, -0.05) is 12.1 Å². The van der Waals surface area contributed by atoms with E-state index in [-0.39, 0.29) is 11.7 Å². The second-order valence-corrected chi connectivity index (χ2v) is 3.23. The molecule has 0 saturated carbocycles. The van der Waals surface area contributed by atoms with Gasteiger partial charge < -0.3 is 10.5 Å². The third kappa shape index (κ3) is 1.40. The molecule has 2 N–H and O–H groups in total. The van der Waals surface area contributed by atoms with E-state index in [9.17, 15) is 4.39 Å². The predicted molar refractivity (Wildman–Crippen MR) is 48.3 cm³/mol. The quantitative estimate of drug-likeness (QED) is 0.715. The van der Waals surface area contributed by atoms with E-state index in [1.807, 2.05) is 6.07 Å². The molecular formula is C10H12FNO. The SMILES string of the molecule is NC[C@@H]1CCOc2c(F)cccc21. The highest BCUT2D eigenvalue weighted by Gasteiger charge is 2.22.